The van der Waals surface area contributed by atoms with Crippen molar-refractivity contribution in [1.82, 2.24) is 0 Å². The normalized spacial score (nSPS) is 11.4. The van der Waals surface area contributed by atoms with Gasteiger partial charge in [-0.1, -0.05) is 0 Å². The molecule has 0 heterocycles. The number of carbonyl (C=O) groups excluding carboxylic acids is 4. The number of rotatable bonds is 10. The molecule has 5 N–H and O–H groups in total. The fourth-order valence-corrected chi connectivity index (χ4v) is 1.01. The molecule has 1 atom stereocenters. The predicted molar refractivity (Wildman–Crippen MR) is 76.8 cm³/mol. The summed E-state index contributed by atoms with van der Waals surface area (Å²) in [4.78, 5) is 68.2. The van der Waals surface area contributed by atoms with Gasteiger partial charge in [-0.2, -0.15) is 0 Å². The largest absolute Gasteiger partial charge is 1.00 e. The molecule has 0 amide bonds. The highest BCUT2D eigenvalue weighted by Gasteiger charge is 2.31. The zero-order valence-corrected chi connectivity index (χ0v) is 14.1. The lowest BCUT2D eigenvalue weighted by molar-refractivity contribution is -0.336. The quantitative estimate of drug-likeness (QED) is 0.201. The lowest BCUT2D eigenvalue weighted by Crippen LogP contribution is -2.52. The van der Waals surface area contributed by atoms with E-state index in [0.717, 1.165) is 0 Å². The molecular formula is C13H18O16. The smallest absolute Gasteiger partial charge is 0.550 e. The second kappa shape index (κ2) is 14.3. The zero-order valence-electron chi connectivity index (χ0n) is 18.1. The van der Waals surface area contributed by atoms with E-state index in [9.17, 15) is 54.0 Å². The van der Waals surface area contributed by atoms with Gasteiger partial charge in [0.25, 0.3) is 0 Å². The third-order valence-electron chi connectivity index (χ3n) is 2.26. The van der Waals surface area contributed by atoms with Crippen LogP contribution in [0.4, 0.5) is 0 Å². The van der Waals surface area contributed by atoms with Crippen LogP contribution < -0.4 is 20.4 Å². The number of aliphatic hydroxyl groups is 2. The van der Waals surface area contributed by atoms with Crippen molar-refractivity contribution in [3.63, 3.8) is 0 Å². The summed E-state index contributed by atoms with van der Waals surface area (Å²) in [5.74, 6) is -11.9. The maximum Gasteiger partial charge on any atom is 1.00 e. The van der Waals surface area contributed by atoms with Gasteiger partial charge >= 0.3 is 23.6 Å². The van der Waals surface area contributed by atoms with Gasteiger partial charge < -0.3 is 65.1 Å². The Morgan fingerprint density at radius 1 is 0.724 bits per heavy atom. The Balaban J connectivity index is -0.0000000603. The predicted octanol–water partition coefficient (Wildman–Crippen LogP) is -7.68. The molecule has 166 valence electrons. The van der Waals surface area contributed by atoms with Gasteiger partial charge in [-0.05, 0) is 0 Å². The molecule has 0 saturated heterocycles. The first-order valence-electron chi connectivity index (χ1n) is 6.85. The monoisotopic (exact) mass is 430 g/mol. The molecule has 0 aromatic carbocycles. The van der Waals surface area contributed by atoms with Crippen LogP contribution in [0.25, 0.3) is 0 Å². The lowest BCUT2D eigenvalue weighted by Gasteiger charge is -2.27. The molecule has 0 aliphatic carbocycles. The molecule has 0 bridgehead atoms. The van der Waals surface area contributed by atoms with Crippen molar-refractivity contribution in [3.05, 3.63) is 0 Å². The van der Waals surface area contributed by atoms with Crippen molar-refractivity contribution < 1.29 is 85.2 Å². The van der Waals surface area contributed by atoms with Gasteiger partial charge in [-0.3, -0.25) is 14.4 Å². The summed E-state index contributed by atoms with van der Waals surface area (Å²) in [7, 11) is 0. The maximum absolute atomic E-state index is 10.2. The van der Waals surface area contributed by atoms with Gasteiger partial charge in [-0.15, -0.1) is 0 Å². The van der Waals surface area contributed by atoms with Gasteiger partial charge in [0.05, 0.1) is 37.2 Å². The minimum Gasteiger partial charge on any atom is -0.550 e. The van der Waals surface area contributed by atoms with Crippen molar-refractivity contribution in [3.8, 4) is 0 Å². The van der Waals surface area contributed by atoms with E-state index >= 15 is 0 Å². The topological polar surface area (TPSA) is 313 Å². The highest BCUT2D eigenvalue weighted by Crippen LogP contribution is 2.13. The Hall–Kier alpha value is -3.79. The second-order valence-electron chi connectivity index (χ2n) is 4.77. The molecule has 0 saturated carbocycles. The van der Waals surface area contributed by atoms with Gasteiger partial charge in [0.2, 0.25) is 0 Å². The van der Waals surface area contributed by atoms with E-state index in [0.29, 0.717) is 0 Å². The van der Waals surface area contributed by atoms with E-state index < -0.39 is 66.3 Å². The molecule has 0 rings (SSSR count). The second-order valence-corrected chi connectivity index (χ2v) is 4.77. The van der Waals surface area contributed by atoms with E-state index in [1.54, 1.807) is 0 Å². The van der Waals surface area contributed by atoms with Crippen LogP contribution in [0.3, 0.4) is 0 Å². The van der Waals surface area contributed by atoms with Crippen LogP contribution in [0.2, 0.25) is 0 Å². The van der Waals surface area contributed by atoms with Crippen LogP contribution in [0.1, 0.15) is 31.4 Å². The van der Waals surface area contributed by atoms with Crippen molar-refractivity contribution in [2.45, 2.75) is 37.4 Å². The van der Waals surface area contributed by atoms with Crippen molar-refractivity contribution in [2.24, 2.45) is 0 Å². The minimum atomic E-state index is -2.91. The fourth-order valence-electron chi connectivity index (χ4n) is 1.01. The maximum atomic E-state index is 10.2. The lowest BCUT2D eigenvalue weighted by atomic mass is 9.96. The number of hydrogen-bond acceptors (Lipinski definition) is 13. The number of aliphatic hydroxyl groups excluding tert-OH is 1. The first-order valence-corrected chi connectivity index (χ1v) is 6.85. The third-order valence-corrected chi connectivity index (χ3v) is 2.26. The highest BCUT2D eigenvalue weighted by atomic mass is 16.4. The molecular weight excluding hydrogens is 412 g/mol. The van der Waals surface area contributed by atoms with Crippen molar-refractivity contribution in [1.29, 1.82) is 0 Å². The van der Waals surface area contributed by atoms with Gasteiger partial charge in [0.1, 0.15) is 11.7 Å². The fraction of sp³-hybridized carbons (Fsp3) is 0.462. The molecule has 16 nitrogen and oxygen atoms in total. The van der Waals surface area contributed by atoms with Crippen molar-refractivity contribution in [2.75, 3.05) is 0 Å². The van der Waals surface area contributed by atoms with Gasteiger partial charge in [0, 0.05) is 12.4 Å². The first kappa shape index (κ1) is 30.0. The molecule has 16 heteroatoms. The molecule has 0 spiro atoms. The molecule has 0 fully saturated rings. The molecule has 0 aliphatic rings. The highest BCUT2D eigenvalue weighted by molar-refractivity contribution is 5.93. The molecule has 0 aliphatic heterocycles. The average molecular weight is 430 g/mol. The van der Waals surface area contributed by atoms with Crippen LogP contribution in [-0.4, -0.2) is 79.0 Å². The van der Waals surface area contributed by atoms with Crippen molar-refractivity contribution >= 4 is 41.8 Å². The van der Waals surface area contributed by atoms with Crippen LogP contribution in [0.15, 0.2) is 0 Å². The summed E-state index contributed by atoms with van der Waals surface area (Å²) in [6.45, 7) is 0. The van der Waals surface area contributed by atoms with Crippen LogP contribution in [0, 0.1) is 0 Å². The number of carboxylic acid groups (broad SMARTS) is 7. The van der Waals surface area contributed by atoms with Gasteiger partial charge in [0.15, 0.2) is 0 Å². The Morgan fingerprint density at radius 3 is 1.21 bits per heavy atom. The Bertz CT molecular complexity index is 608. The summed E-state index contributed by atoms with van der Waals surface area (Å²) >= 11 is 0. The standard InChI is InChI=1S/C6H8O7.C4H6O4.C3H4O5/c7-3(8)1-6(13,5(11)12)2-4(9)10;5-3(6)1-2-4(7)8;4-1(2(5)6)3(7)8/h13H,1-2H2,(H,7,8)(H,9,10)(H,11,12);1-2H2,(H,5,6)(H,7,8);1,4H,(H,5,6)(H,7,8). The number of hydrogen-bond donors (Lipinski definition) is 5. The Morgan fingerprint density at radius 2 is 1.07 bits per heavy atom. The van der Waals surface area contributed by atoms with Crippen LogP contribution >= 0.6 is 0 Å². The summed E-state index contributed by atoms with van der Waals surface area (Å²) in [6.07, 6.45) is -5.68. The number of carboxylic acids is 7. The summed E-state index contributed by atoms with van der Waals surface area (Å²) in [5, 5.41) is 79.6. The van der Waals surface area contributed by atoms with Gasteiger partial charge in [-0.25, -0.2) is 0 Å². The Labute approximate surface area is 165 Å². The van der Waals surface area contributed by atoms with E-state index in [1.165, 1.54) is 0 Å². The minimum absolute atomic E-state index is 0. The summed E-state index contributed by atoms with van der Waals surface area (Å²) < 4.78 is 0. The summed E-state index contributed by atoms with van der Waals surface area (Å²) in [5.41, 5.74) is -2.91. The molecule has 0 radical (unpaired) electrons. The SMILES string of the molecule is O=C(O)CCC(=O)O.O=C([O-])C(O)C(=O)[O-].O=C([O-])CC(O)(CC(=O)O)C(=O)[O-].[H+].[H+].[H+].[H+]. The van der Waals surface area contributed by atoms with Crippen LogP contribution in [0.5, 0.6) is 0 Å². The first-order chi connectivity index (χ1) is 13.0. The number of carbonyl (C=O) groups is 7. The third kappa shape index (κ3) is 18.8. The number of aliphatic carboxylic acids is 7. The van der Waals surface area contributed by atoms with E-state index in [2.05, 4.69) is 0 Å². The molecule has 0 aromatic rings. The average Bonchev–Trinajstić information content (AvgIpc) is 2.51. The van der Waals surface area contributed by atoms with Crippen LogP contribution in [-0.2, 0) is 33.6 Å². The summed E-state index contributed by atoms with van der Waals surface area (Å²) in [6, 6.07) is 0. The van der Waals surface area contributed by atoms with E-state index in [4.69, 9.17) is 25.5 Å². The Kier molecular flexibility index (Phi) is 14.8. The molecule has 1 unspecified atom stereocenters. The zero-order chi connectivity index (χ0) is 23.9. The molecule has 29 heavy (non-hydrogen) atoms. The molecule has 0 aromatic heterocycles. The van der Waals surface area contributed by atoms with E-state index in [-0.39, 0.29) is 18.5 Å². The van der Waals surface area contributed by atoms with E-state index in [1.807, 2.05) is 0 Å².